The number of amides is 1. The lowest BCUT2D eigenvalue weighted by Gasteiger charge is -2.26. The predicted octanol–water partition coefficient (Wildman–Crippen LogP) is 3.08. The fraction of sp³-hybridized carbons (Fsp3) is 0.125. The molecule has 1 aliphatic heterocycles. The maximum Gasteiger partial charge on any atom is 0.242 e. The van der Waals surface area contributed by atoms with E-state index in [-0.39, 0.29) is 16.9 Å². The van der Waals surface area contributed by atoms with Crippen LogP contribution in [-0.2, 0) is 4.79 Å². The minimum absolute atomic E-state index is 0.0407. The Balaban J connectivity index is 1.95. The van der Waals surface area contributed by atoms with Crippen molar-refractivity contribution in [3.8, 4) is 5.75 Å². The van der Waals surface area contributed by atoms with Gasteiger partial charge in [-0.3, -0.25) is 9.78 Å². The Hall–Kier alpha value is -2.27. The first-order valence-corrected chi connectivity index (χ1v) is 7.41. The smallest absolute Gasteiger partial charge is 0.242 e. The number of hydrogen-bond donors (Lipinski definition) is 2. The van der Waals surface area contributed by atoms with Crippen molar-refractivity contribution in [1.29, 1.82) is 0 Å². The molecule has 1 aromatic heterocycles. The molecule has 1 unspecified atom stereocenters. The van der Waals surface area contributed by atoms with Gasteiger partial charge >= 0.3 is 0 Å². The monoisotopic (exact) mass is 298 g/mol. The fourth-order valence-electron chi connectivity index (χ4n) is 2.22. The number of hydrogen-bond acceptors (Lipinski definition) is 4. The Kier molecular flexibility index (Phi) is 3.66. The third-order valence-corrected chi connectivity index (χ3v) is 4.76. The molecule has 0 bridgehead atoms. The summed E-state index contributed by atoms with van der Waals surface area (Å²) < 4.78 is 0. The molecule has 0 spiro atoms. The van der Waals surface area contributed by atoms with Crippen LogP contribution < -0.4 is 5.32 Å². The van der Waals surface area contributed by atoms with Crippen LogP contribution in [0.5, 0.6) is 5.75 Å². The quantitative estimate of drug-likeness (QED) is 0.894. The number of phenolic OH excluding ortho intramolecular Hbond substituents is 1. The van der Waals surface area contributed by atoms with Gasteiger partial charge in [-0.15, -0.1) is 11.8 Å². The fourth-order valence-corrected chi connectivity index (χ4v) is 3.42. The molecule has 1 amide bonds. The molecule has 4 nitrogen and oxygen atoms in total. The summed E-state index contributed by atoms with van der Waals surface area (Å²) in [7, 11) is 0. The molecule has 1 aliphatic rings. The summed E-state index contributed by atoms with van der Waals surface area (Å²) in [5.74, 6) is 0.155. The molecule has 21 heavy (non-hydrogen) atoms. The van der Waals surface area contributed by atoms with Gasteiger partial charge < -0.3 is 10.4 Å². The summed E-state index contributed by atoms with van der Waals surface area (Å²) in [6.45, 7) is 1.90. The summed E-state index contributed by atoms with van der Waals surface area (Å²) >= 11 is 1.52. The van der Waals surface area contributed by atoms with Crippen LogP contribution in [0.3, 0.4) is 0 Å². The SMILES string of the molecule is CC1=C(c2ccncc2)SC(c2ccc(O)cc2)C(=O)N1. The van der Waals surface area contributed by atoms with Crippen molar-refractivity contribution in [2.24, 2.45) is 0 Å². The van der Waals surface area contributed by atoms with E-state index in [0.29, 0.717) is 0 Å². The second kappa shape index (κ2) is 5.61. The van der Waals surface area contributed by atoms with E-state index in [1.165, 1.54) is 11.8 Å². The highest BCUT2D eigenvalue weighted by Crippen LogP contribution is 2.44. The molecule has 3 rings (SSSR count). The molecule has 1 aromatic carbocycles. The third-order valence-electron chi connectivity index (χ3n) is 3.26. The second-order valence-electron chi connectivity index (χ2n) is 4.77. The number of carbonyl (C=O) groups is 1. The summed E-state index contributed by atoms with van der Waals surface area (Å²) in [6.07, 6.45) is 3.48. The number of aromatic hydroxyl groups is 1. The minimum atomic E-state index is -0.322. The maximum atomic E-state index is 12.2. The van der Waals surface area contributed by atoms with Crippen LogP contribution in [0.4, 0.5) is 0 Å². The van der Waals surface area contributed by atoms with Gasteiger partial charge in [-0.05, 0) is 42.3 Å². The number of benzene rings is 1. The Morgan fingerprint density at radius 3 is 2.48 bits per heavy atom. The van der Waals surface area contributed by atoms with Gasteiger partial charge in [-0.1, -0.05) is 12.1 Å². The highest BCUT2D eigenvalue weighted by molar-refractivity contribution is 8.09. The lowest BCUT2D eigenvalue weighted by molar-refractivity contribution is -0.120. The van der Waals surface area contributed by atoms with E-state index in [4.69, 9.17) is 0 Å². The number of phenols is 1. The number of nitrogens with one attached hydrogen (secondary N) is 1. The van der Waals surface area contributed by atoms with Crippen molar-refractivity contribution < 1.29 is 9.90 Å². The van der Waals surface area contributed by atoms with Crippen LogP contribution in [-0.4, -0.2) is 16.0 Å². The number of pyridine rings is 1. The van der Waals surface area contributed by atoms with Crippen LogP contribution in [0.2, 0.25) is 0 Å². The predicted molar refractivity (Wildman–Crippen MR) is 83.4 cm³/mol. The lowest BCUT2D eigenvalue weighted by atomic mass is 10.1. The largest absolute Gasteiger partial charge is 0.508 e. The van der Waals surface area contributed by atoms with Crippen molar-refractivity contribution in [2.75, 3.05) is 0 Å². The molecule has 0 saturated carbocycles. The van der Waals surface area contributed by atoms with Gasteiger partial charge in [0, 0.05) is 23.0 Å². The van der Waals surface area contributed by atoms with E-state index in [1.54, 1.807) is 36.7 Å². The molecule has 2 heterocycles. The molecule has 106 valence electrons. The molecule has 2 aromatic rings. The first-order valence-electron chi connectivity index (χ1n) is 6.53. The van der Waals surface area contributed by atoms with Gasteiger partial charge in [-0.2, -0.15) is 0 Å². The van der Waals surface area contributed by atoms with Crippen LogP contribution >= 0.6 is 11.8 Å². The van der Waals surface area contributed by atoms with Gasteiger partial charge in [-0.25, -0.2) is 0 Å². The molecule has 0 aliphatic carbocycles. The van der Waals surface area contributed by atoms with E-state index < -0.39 is 0 Å². The Labute approximate surface area is 126 Å². The number of carbonyl (C=O) groups excluding carboxylic acids is 1. The van der Waals surface area contributed by atoms with E-state index in [0.717, 1.165) is 21.7 Å². The second-order valence-corrected chi connectivity index (χ2v) is 5.88. The minimum Gasteiger partial charge on any atom is -0.508 e. The molecule has 0 radical (unpaired) electrons. The first kappa shape index (κ1) is 13.7. The van der Waals surface area contributed by atoms with Crippen molar-refractivity contribution in [2.45, 2.75) is 12.2 Å². The van der Waals surface area contributed by atoms with Gasteiger partial charge in [0.2, 0.25) is 5.91 Å². The standard InChI is InChI=1S/C16H14N2O2S/c1-10-14(12-6-8-17-9-7-12)21-15(16(20)18-10)11-2-4-13(19)5-3-11/h2-9,15,19H,1H3,(H,18,20). The summed E-state index contributed by atoms with van der Waals surface area (Å²) in [5.41, 5.74) is 2.76. The molecule has 5 heteroatoms. The normalized spacial score (nSPS) is 18.5. The van der Waals surface area contributed by atoms with Crippen molar-refractivity contribution in [3.05, 3.63) is 65.6 Å². The van der Waals surface area contributed by atoms with Crippen LogP contribution in [0, 0.1) is 0 Å². The molecular formula is C16H14N2O2S. The highest BCUT2D eigenvalue weighted by atomic mass is 32.2. The van der Waals surface area contributed by atoms with Crippen molar-refractivity contribution in [1.82, 2.24) is 10.3 Å². The van der Waals surface area contributed by atoms with E-state index in [9.17, 15) is 9.90 Å². The summed E-state index contributed by atoms with van der Waals surface area (Å²) in [5, 5.41) is 12.0. The highest BCUT2D eigenvalue weighted by Gasteiger charge is 2.29. The molecule has 0 fully saturated rings. The molecule has 2 N–H and O–H groups in total. The number of aromatic nitrogens is 1. The number of rotatable bonds is 2. The molecular weight excluding hydrogens is 284 g/mol. The Morgan fingerprint density at radius 2 is 1.81 bits per heavy atom. The zero-order chi connectivity index (χ0) is 14.8. The zero-order valence-electron chi connectivity index (χ0n) is 11.4. The zero-order valence-corrected chi connectivity index (χ0v) is 12.2. The Bertz CT molecular complexity index is 696. The molecule has 1 atom stereocenters. The van der Waals surface area contributed by atoms with Gasteiger partial charge in [0.1, 0.15) is 11.0 Å². The van der Waals surface area contributed by atoms with E-state index in [2.05, 4.69) is 10.3 Å². The van der Waals surface area contributed by atoms with Crippen molar-refractivity contribution in [3.63, 3.8) is 0 Å². The maximum absolute atomic E-state index is 12.2. The number of thioether (sulfide) groups is 1. The van der Waals surface area contributed by atoms with Gasteiger partial charge in [0.25, 0.3) is 0 Å². The number of nitrogens with zero attached hydrogens (tertiary/aromatic N) is 1. The van der Waals surface area contributed by atoms with Crippen molar-refractivity contribution >= 4 is 22.6 Å². The Morgan fingerprint density at radius 1 is 1.14 bits per heavy atom. The lowest BCUT2D eigenvalue weighted by Crippen LogP contribution is -2.30. The van der Waals surface area contributed by atoms with Gasteiger partial charge in [0.15, 0.2) is 0 Å². The number of allylic oxidation sites excluding steroid dienone is 1. The first-order chi connectivity index (χ1) is 10.1. The van der Waals surface area contributed by atoms with Crippen LogP contribution in [0.1, 0.15) is 23.3 Å². The van der Waals surface area contributed by atoms with Crippen LogP contribution in [0.15, 0.2) is 54.5 Å². The topological polar surface area (TPSA) is 62.2 Å². The van der Waals surface area contributed by atoms with E-state index >= 15 is 0 Å². The van der Waals surface area contributed by atoms with Crippen LogP contribution in [0.25, 0.3) is 4.91 Å². The van der Waals surface area contributed by atoms with E-state index in [1.807, 2.05) is 19.1 Å². The summed E-state index contributed by atoms with van der Waals surface area (Å²) in [6, 6.07) is 10.6. The average molecular weight is 298 g/mol. The third kappa shape index (κ3) is 2.78. The average Bonchev–Trinajstić information content (AvgIpc) is 2.49. The van der Waals surface area contributed by atoms with Gasteiger partial charge in [0.05, 0.1) is 0 Å². The molecule has 0 saturated heterocycles. The summed E-state index contributed by atoms with van der Waals surface area (Å²) in [4.78, 5) is 17.3.